The molecule has 16 heavy (non-hydrogen) atoms. The molecule has 0 atom stereocenters. The summed E-state index contributed by atoms with van der Waals surface area (Å²) in [4.78, 5) is 6.69. The largest absolute Gasteiger partial charge is 0.309 e. The lowest BCUT2D eigenvalue weighted by Gasteiger charge is -2.32. The van der Waals surface area contributed by atoms with Gasteiger partial charge in [0, 0.05) is 24.3 Å². The maximum absolute atomic E-state index is 4.46. The first-order chi connectivity index (χ1) is 7.42. The van der Waals surface area contributed by atoms with Crippen molar-refractivity contribution in [3.8, 4) is 0 Å². The molecular weight excluding hydrogens is 198 g/mol. The van der Waals surface area contributed by atoms with Crippen molar-refractivity contribution in [3.63, 3.8) is 0 Å². The van der Waals surface area contributed by atoms with Crippen LogP contribution in [0.15, 0.2) is 18.2 Å². The van der Waals surface area contributed by atoms with Crippen molar-refractivity contribution in [3.05, 3.63) is 29.6 Å². The van der Waals surface area contributed by atoms with E-state index in [1.165, 1.54) is 0 Å². The van der Waals surface area contributed by atoms with Gasteiger partial charge in [-0.15, -0.1) is 0 Å². The Kier molecular flexibility index (Phi) is 4.44. The average molecular weight is 221 g/mol. The molecule has 1 heterocycles. The average Bonchev–Trinajstić information content (AvgIpc) is 2.17. The maximum atomic E-state index is 4.46. The van der Waals surface area contributed by atoms with Gasteiger partial charge in [0.2, 0.25) is 0 Å². The van der Waals surface area contributed by atoms with Gasteiger partial charge in [-0.2, -0.15) is 0 Å². The number of aryl methyl sites for hydroxylation is 1. The lowest BCUT2D eigenvalue weighted by Crippen LogP contribution is -2.46. The van der Waals surface area contributed by atoms with Crippen molar-refractivity contribution in [1.82, 2.24) is 15.2 Å². The van der Waals surface area contributed by atoms with Crippen molar-refractivity contribution in [2.75, 3.05) is 20.6 Å². The summed E-state index contributed by atoms with van der Waals surface area (Å²) >= 11 is 0. The summed E-state index contributed by atoms with van der Waals surface area (Å²) in [6, 6.07) is 6.13. The first-order valence-electron chi connectivity index (χ1n) is 5.72. The molecule has 0 aliphatic carbocycles. The fourth-order valence-corrected chi connectivity index (χ4v) is 1.35. The van der Waals surface area contributed by atoms with Crippen molar-refractivity contribution >= 4 is 0 Å². The Labute approximate surface area is 98.9 Å². The molecule has 0 fully saturated rings. The number of likely N-dealkylation sites (N-methyl/N-ethyl adjacent to an activating group) is 1. The number of aromatic nitrogens is 1. The first kappa shape index (κ1) is 13.1. The zero-order valence-electron chi connectivity index (χ0n) is 11.0. The minimum Gasteiger partial charge on any atom is -0.309 e. The number of pyridine rings is 1. The zero-order valence-corrected chi connectivity index (χ0v) is 11.0. The van der Waals surface area contributed by atoms with Crippen LogP contribution in [0.25, 0.3) is 0 Å². The van der Waals surface area contributed by atoms with Crippen LogP contribution < -0.4 is 5.32 Å². The number of hydrogen-bond donors (Lipinski definition) is 1. The zero-order chi connectivity index (χ0) is 12.2. The fraction of sp³-hybridized carbons (Fsp3) is 0.615. The molecular formula is C13H23N3. The molecule has 0 saturated heterocycles. The first-order valence-corrected chi connectivity index (χ1v) is 5.72. The third-order valence-electron chi connectivity index (χ3n) is 3.02. The molecule has 1 aromatic heterocycles. The van der Waals surface area contributed by atoms with Gasteiger partial charge in [0.15, 0.2) is 0 Å². The molecule has 0 bridgehead atoms. The SMILES string of the molecule is Cc1cccc(CNCC(C)(C)N(C)C)n1. The molecule has 3 nitrogen and oxygen atoms in total. The van der Waals surface area contributed by atoms with E-state index in [0.717, 1.165) is 24.5 Å². The third-order valence-corrected chi connectivity index (χ3v) is 3.02. The second kappa shape index (κ2) is 5.41. The highest BCUT2D eigenvalue weighted by atomic mass is 15.2. The topological polar surface area (TPSA) is 28.2 Å². The third kappa shape index (κ3) is 3.91. The monoisotopic (exact) mass is 221 g/mol. The molecule has 3 heteroatoms. The summed E-state index contributed by atoms with van der Waals surface area (Å²) in [5.74, 6) is 0. The lowest BCUT2D eigenvalue weighted by molar-refractivity contribution is 0.189. The van der Waals surface area contributed by atoms with Crippen LogP contribution in [0, 0.1) is 6.92 Å². The molecule has 0 aliphatic rings. The Hall–Kier alpha value is -0.930. The summed E-state index contributed by atoms with van der Waals surface area (Å²) in [6.07, 6.45) is 0. The van der Waals surface area contributed by atoms with Gasteiger partial charge in [0.05, 0.1) is 5.69 Å². The molecule has 0 radical (unpaired) electrons. The van der Waals surface area contributed by atoms with Crippen molar-refractivity contribution < 1.29 is 0 Å². The Balaban J connectivity index is 2.42. The van der Waals surface area contributed by atoms with Gasteiger partial charge in [-0.3, -0.25) is 4.98 Å². The minimum atomic E-state index is 0.170. The van der Waals surface area contributed by atoms with E-state index in [9.17, 15) is 0 Å². The van der Waals surface area contributed by atoms with Crippen LogP contribution >= 0.6 is 0 Å². The van der Waals surface area contributed by atoms with Crippen molar-refractivity contribution in [2.45, 2.75) is 32.9 Å². The van der Waals surface area contributed by atoms with E-state index in [4.69, 9.17) is 0 Å². The van der Waals surface area contributed by atoms with Crippen LogP contribution in [-0.2, 0) is 6.54 Å². The molecule has 90 valence electrons. The Morgan fingerprint density at radius 2 is 2.00 bits per heavy atom. The predicted octanol–water partition coefficient (Wildman–Crippen LogP) is 1.82. The summed E-state index contributed by atoms with van der Waals surface area (Å²) in [5.41, 5.74) is 2.35. The smallest absolute Gasteiger partial charge is 0.0544 e. The standard InChI is InChI=1S/C13H23N3/c1-11-7-6-8-12(15-11)9-14-10-13(2,3)16(4)5/h6-8,14H,9-10H2,1-5H3. The highest BCUT2D eigenvalue weighted by Crippen LogP contribution is 2.08. The van der Waals surface area contributed by atoms with Gasteiger partial charge in [-0.05, 0) is 47.0 Å². The molecule has 0 spiro atoms. The number of hydrogen-bond acceptors (Lipinski definition) is 3. The van der Waals surface area contributed by atoms with Crippen molar-refractivity contribution in [2.24, 2.45) is 0 Å². The molecule has 0 saturated carbocycles. The second-order valence-corrected chi connectivity index (χ2v) is 5.08. The Morgan fingerprint density at radius 3 is 2.56 bits per heavy atom. The summed E-state index contributed by atoms with van der Waals surface area (Å²) < 4.78 is 0. The van der Waals surface area contributed by atoms with Gasteiger partial charge < -0.3 is 10.2 Å². The van der Waals surface area contributed by atoms with Crippen LogP contribution in [0.4, 0.5) is 0 Å². The minimum absolute atomic E-state index is 0.170. The molecule has 0 amide bonds. The van der Waals surface area contributed by atoms with Gasteiger partial charge in [0.25, 0.3) is 0 Å². The summed E-state index contributed by atoms with van der Waals surface area (Å²) in [6.45, 7) is 8.26. The van der Waals surface area contributed by atoms with E-state index in [2.05, 4.69) is 55.3 Å². The van der Waals surface area contributed by atoms with E-state index < -0.39 is 0 Å². The van der Waals surface area contributed by atoms with Crippen LogP contribution in [0.5, 0.6) is 0 Å². The van der Waals surface area contributed by atoms with E-state index in [-0.39, 0.29) is 5.54 Å². The number of nitrogens with zero attached hydrogens (tertiary/aromatic N) is 2. The van der Waals surface area contributed by atoms with E-state index in [0.29, 0.717) is 0 Å². The van der Waals surface area contributed by atoms with Crippen LogP contribution in [-0.4, -0.2) is 36.1 Å². The highest BCUT2D eigenvalue weighted by Gasteiger charge is 2.19. The van der Waals surface area contributed by atoms with Crippen molar-refractivity contribution in [1.29, 1.82) is 0 Å². The van der Waals surface area contributed by atoms with E-state index >= 15 is 0 Å². The van der Waals surface area contributed by atoms with Gasteiger partial charge >= 0.3 is 0 Å². The molecule has 1 N–H and O–H groups in total. The maximum Gasteiger partial charge on any atom is 0.0544 e. The fourth-order valence-electron chi connectivity index (χ4n) is 1.35. The molecule has 0 aromatic carbocycles. The molecule has 1 aromatic rings. The van der Waals surface area contributed by atoms with Crippen LogP contribution in [0.1, 0.15) is 25.2 Å². The normalized spacial score (nSPS) is 12.1. The van der Waals surface area contributed by atoms with E-state index in [1.807, 2.05) is 13.0 Å². The summed E-state index contributed by atoms with van der Waals surface area (Å²) in [5, 5.41) is 3.45. The van der Waals surface area contributed by atoms with Crippen LogP contribution in [0.3, 0.4) is 0 Å². The molecule has 1 rings (SSSR count). The number of nitrogens with one attached hydrogen (secondary N) is 1. The lowest BCUT2D eigenvalue weighted by atomic mass is 10.0. The second-order valence-electron chi connectivity index (χ2n) is 5.08. The van der Waals surface area contributed by atoms with Gasteiger partial charge in [0.1, 0.15) is 0 Å². The predicted molar refractivity (Wildman–Crippen MR) is 68.4 cm³/mol. The van der Waals surface area contributed by atoms with Crippen LogP contribution in [0.2, 0.25) is 0 Å². The molecule has 0 aliphatic heterocycles. The highest BCUT2D eigenvalue weighted by molar-refractivity contribution is 5.09. The number of rotatable bonds is 5. The Morgan fingerprint density at radius 1 is 1.31 bits per heavy atom. The quantitative estimate of drug-likeness (QED) is 0.822. The Bertz CT molecular complexity index is 332. The van der Waals surface area contributed by atoms with Gasteiger partial charge in [-0.25, -0.2) is 0 Å². The molecule has 0 unspecified atom stereocenters. The van der Waals surface area contributed by atoms with E-state index in [1.54, 1.807) is 0 Å². The van der Waals surface area contributed by atoms with Gasteiger partial charge in [-0.1, -0.05) is 6.07 Å². The summed E-state index contributed by atoms with van der Waals surface area (Å²) in [7, 11) is 4.21.